The predicted octanol–water partition coefficient (Wildman–Crippen LogP) is 2.96. The molecule has 8 heteroatoms. The van der Waals surface area contributed by atoms with Crippen LogP contribution >= 0.6 is 11.3 Å². The summed E-state index contributed by atoms with van der Waals surface area (Å²) in [6, 6.07) is 8.13. The first kappa shape index (κ1) is 17.6. The fraction of sp³-hybridized carbons (Fsp3) is 0.450. The van der Waals surface area contributed by atoms with Crippen molar-refractivity contribution in [2.75, 3.05) is 19.8 Å². The van der Waals surface area contributed by atoms with Crippen LogP contribution in [0.15, 0.2) is 29.1 Å². The smallest absolute Gasteiger partial charge is 0.275 e. The second-order valence-electron chi connectivity index (χ2n) is 7.31. The number of hydrogen-bond donors (Lipinski definition) is 0. The predicted molar refractivity (Wildman–Crippen MR) is 106 cm³/mol. The third-order valence-corrected chi connectivity index (χ3v) is 6.17. The minimum absolute atomic E-state index is 0.120. The van der Waals surface area contributed by atoms with Crippen molar-refractivity contribution in [3.63, 3.8) is 0 Å². The second-order valence-corrected chi connectivity index (χ2v) is 8.35. The van der Waals surface area contributed by atoms with Crippen LogP contribution in [0.1, 0.15) is 41.6 Å². The molecule has 1 fully saturated rings. The van der Waals surface area contributed by atoms with Crippen LogP contribution in [-0.2, 0) is 6.54 Å². The highest BCUT2D eigenvalue weighted by atomic mass is 32.1. The summed E-state index contributed by atoms with van der Waals surface area (Å²) in [5, 5.41) is 5.41. The summed E-state index contributed by atoms with van der Waals surface area (Å²) in [6.45, 7) is 4.95. The number of fused-ring (bicyclic) bond motifs is 2. The molecule has 1 atom stereocenters. The Hall–Kier alpha value is -2.45. The monoisotopic (exact) mass is 398 g/mol. The van der Waals surface area contributed by atoms with Gasteiger partial charge in [0.25, 0.3) is 5.56 Å². The minimum Gasteiger partial charge on any atom is -0.490 e. The highest BCUT2D eigenvalue weighted by Gasteiger charge is 2.28. The Labute approximate surface area is 166 Å². The molecule has 0 spiro atoms. The molecule has 0 radical (unpaired) electrons. The van der Waals surface area contributed by atoms with Crippen LogP contribution in [0.25, 0.3) is 4.96 Å². The van der Waals surface area contributed by atoms with Gasteiger partial charge in [-0.05, 0) is 44.0 Å². The molecule has 7 nitrogen and oxygen atoms in total. The van der Waals surface area contributed by atoms with E-state index in [2.05, 4.69) is 27.1 Å². The third kappa shape index (κ3) is 3.27. The number of benzene rings is 1. The zero-order chi connectivity index (χ0) is 19.1. The summed E-state index contributed by atoms with van der Waals surface area (Å²) >= 11 is 1.49. The van der Waals surface area contributed by atoms with Gasteiger partial charge in [-0.25, -0.2) is 4.98 Å². The maximum atomic E-state index is 12.1. The van der Waals surface area contributed by atoms with Crippen LogP contribution in [0, 0.1) is 6.92 Å². The van der Waals surface area contributed by atoms with Crippen molar-refractivity contribution in [2.45, 2.75) is 38.8 Å². The fourth-order valence-corrected chi connectivity index (χ4v) is 4.95. The summed E-state index contributed by atoms with van der Waals surface area (Å²) in [7, 11) is 0. The van der Waals surface area contributed by atoms with Gasteiger partial charge in [0.1, 0.15) is 5.01 Å². The quantitative estimate of drug-likeness (QED) is 0.676. The van der Waals surface area contributed by atoms with Gasteiger partial charge in [-0.2, -0.15) is 9.61 Å². The van der Waals surface area contributed by atoms with E-state index in [1.165, 1.54) is 27.5 Å². The van der Waals surface area contributed by atoms with E-state index >= 15 is 0 Å². The van der Waals surface area contributed by atoms with Crippen molar-refractivity contribution in [3.8, 4) is 11.5 Å². The lowest BCUT2D eigenvalue weighted by molar-refractivity contribution is 0.246. The number of nitrogens with zero attached hydrogens (tertiary/aromatic N) is 4. The fourth-order valence-electron chi connectivity index (χ4n) is 3.98. The standard InChI is InChI=1S/C20H22N4O3S/c1-13-10-19(25)24-20(21-13)28-18(22-24)12-23-7-2-4-15(23)14-5-6-16-17(11-14)27-9-3-8-26-16/h5-6,10-11,15H,2-4,7-9,12H2,1H3/t15-/m0/s1. The average Bonchev–Trinajstić information content (AvgIpc) is 3.22. The minimum atomic E-state index is -0.120. The zero-order valence-electron chi connectivity index (χ0n) is 15.8. The first-order valence-electron chi connectivity index (χ1n) is 9.67. The molecule has 0 bridgehead atoms. The lowest BCUT2D eigenvalue weighted by Crippen LogP contribution is -2.23. The highest BCUT2D eigenvalue weighted by molar-refractivity contribution is 7.16. The van der Waals surface area contributed by atoms with Gasteiger partial charge in [-0.15, -0.1) is 0 Å². The SMILES string of the molecule is Cc1cc(=O)n2nc(CN3CCC[C@H]3c3ccc4c(c3)OCCCO4)sc2n1. The highest BCUT2D eigenvalue weighted by Crippen LogP contribution is 2.38. The van der Waals surface area contributed by atoms with E-state index in [1.54, 1.807) is 0 Å². The van der Waals surface area contributed by atoms with Crippen LogP contribution in [0.3, 0.4) is 0 Å². The maximum Gasteiger partial charge on any atom is 0.275 e. The normalized spacial score (nSPS) is 19.8. The summed E-state index contributed by atoms with van der Waals surface area (Å²) in [5.74, 6) is 1.67. The van der Waals surface area contributed by atoms with E-state index in [0.29, 0.717) is 30.8 Å². The molecule has 1 saturated heterocycles. The topological polar surface area (TPSA) is 69.0 Å². The van der Waals surface area contributed by atoms with Crippen LogP contribution in [0.4, 0.5) is 0 Å². The number of ether oxygens (including phenoxy) is 2. The molecule has 0 saturated carbocycles. The summed E-state index contributed by atoms with van der Waals surface area (Å²) in [6.07, 6.45) is 3.15. The Morgan fingerprint density at radius 2 is 2.04 bits per heavy atom. The molecule has 2 aromatic heterocycles. The van der Waals surface area contributed by atoms with E-state index in [1.807, 2.05) is 13.0 Å². The molecule has 1 aromatic carbocycles. The molecule has 4 heterocycles. The van der Waals surface area contributed by atoms with E-state index < -0.39 is 0 Å². The zero-order valence-corrected chi connectivity index (χ0v) is 16.6. The Balaban J connectivity index is 1.41. The molecule has 0 unspecified atom stereocenters. The van der Waals surface area contributed by atoms with Gasteiger partial charge < -0.3 is 9.47 Å². The largest absolute Gasteiger partial charge is 0.490 e. The van der Waals surface area contributed by atoms with Gasteiger partial charge in [0.05, 0.1) is 19.8 Å². The summed E-state index contributed by atoms with van der Waals surface area (Å²) in [4.78, 5) is 19.6. The summed E-state index contributed by atoms with van der Waals surface area (Å²) in [5.41, 5.74) is 1.85. The summed E-state index contributed by atoms with van der Waals surface area (Å²) < 4.78 is 13.0. The molecule has 5 rings (SSSR count). The molecule has 3 aromatic rings. The maximum absolute atomic E-state index is 12.1. The van der Waals surface area contributed by atoms with Gasteiger partial charge in [0, 0.05) is 24.2 Å². The van der Waals surface area contributed by atoms with Crippen LogP contribution in [-0.4, -0.2) is 39.3 Å². The van der Waals surface area contributed by atoms with Crippen molar-refractivity contribution in [1.29, 1.82) is 0 Å². The molecule has 0 N–H and O–H groups in total. The van der Waals surface area contributed by atoms with Crippen molar-refractivity contribution >= 4 is 16.3 Å². The van der Waals surface area contributed by atoms with Crippen molar-refractivity contribution in [1.82, 2.24) is 19.5 Å². The first-order chi connectivity index (χ1) is 13.7. The Kier molecular flexibility index (Phi) is 4.52. The molecule has 2 aliphatic heterocycles. The first-order valence-corrected chi connectivity index (χ1v) is 10.5. The van der Waals surface area contributed by atoms with Crippen LogP contribution in [0.5, 0.6) is 11.5 Å². The lowest BCUT2D eigenvalue weighted by Gasteiger charge is -2.24. The molecule has 0 aliphatic carbocycles. The molecule has 28 heavy (non-hydrogen) atoms. The van der Waals surface area contributed by atoms with Gasteiger partial charge in [0.15, 0.2) is 11.5 Å². The van der Waals surface area contributed by atoms with Crippen LogP contribution < -0.4 is 15.0 Å². The Morgan fingerprint density at radius 3 is 2.93 bits per heavy atom. The number of rotatable bonds is 3. The van der Waals surface area contributed by atoms with Gasteiger partial charge in [0.2, 0.25) is 4.96 Å². The van der Waals surface area contributed by atoms with Gasteiger partial charge in [-0.3, -0.25) is 9.69 Å². The number of aryl methyl sites for hydroxylation is 1. The Morgan fingerprint density at radius 1 is 1.18 bits per heavy atom. The molecule has 146 valence electrons. The lowest BCUT2D eigenvalue weighted by atomic mass is 10.0. The van der Waals surface area contributed by atoms with Crippen molar-refractivity contribution in [2.24, 2.45) is 0 Å². The molecule has 2 aliphatic rings. The van der Waals surface area contributed by atoms with Crippen LogP contribution in [0.2, 0.25) is 0 Å². The molecule has 0 amide bonds. The van der Waals surface area contributed by atoms with E-state index in [0.717, 1.165) is 48.0 Å². The number of hydrogen-bond acceptors (Lipinski definition) is 7. The van der Waals surface area contributed by atoms with E-state index in [-0.39, 0.29) is 5.56 Å². The van der Waals surface area contributed by atoms with Crippen molar-refractivity contribution in [3.05, 3.63) is 50.9 Å². The van der Waals surface area contributed by atoms with E-state index in [9.17, 15) is 4.79 Å². The van der Waals surface area contributed by atoms with Gasteiger partial charge in [-0.1, -0.05) is 17.4 Å². The third-order valence-electron chi connectivity index (χ3n) is 5.27. The van der Waals surface area contributed by atoms with Gasteiger partial charge >= 0.3 is 0 Å². The van der Waals surface area contributed by atoms with Crippen molar-refractivity contribution < 1.29 is 9.47 Å². The molecular formula is C20H22N4O3S. The second kappa shape index (κ2) is 7.18. The molecular weight excluding hydrogens is 376 g/mol. The average molecular weight is 398 g/mol. The van der Waals surface area contributed by atoms with E-state index in [4.69, 9.17) is 9.47 Å². The number of aromatic nitrogens is 3. The number of likely N-dealkylation sites (tertiary alicyclic amines) is 1. The Bertz CT molecular complexity index is 1080.